The highest BCUT2D eigenvalue weighted by Gasteiger charge is 2.18. The van der Waals surface area contributed by atoms with Gasteiger partial charge in [0.1, 0.15) is 11.5 Å². The van der Waals surface area contributed by atoms with E-state index in [1.54, 1.807) is 17.0 Å². The fraction of sp³-hybridized carbons (Fsp3) is 0.182. The smallest absolute Gasteiger partial charge is 0.274 e. The fourth-order valence-corrected chi connectivity index (χ4v) is 2.76. The number of hydrogen-bond donors (Lipinski definition) is 1. The van der Waals surface area contributed by atoms with Gasteiger partial charge in [-0.05, 0) is 23.3 Å². The number of nitrogens with zero attached hydrogens (tertiary/aromatic N) is 3. The molecule has 3 aromatic rings. The zero-order chi connectivity index (χ0) is 20.5. The number of rotatable bonds is 8. The van der Waals surface area contributed by atoms with Crippen molar-refractivity contribution in [2.24, 2.45) is 0 Å². The number of nitrogens with one attached hydrogen (secondary N) is 1. The summed E-state index contributed by atoms with van der Waals surface area (Å²) in [5.41, 5.74) is 1.99. The Hall–Kier alpha value is -3.61. The van der Waals surface area contributed by atoms with Crippen LogP contribution in [-0.4, -0.2) is 33.2 Å². The lowest BCUT2D eigenvalue weighted by Gasteiger charge is -2.22. The zero-order valence-electron chi connectivity index (χ0n) is 15.8. The van der Waals surface area contributed by atoms with Gasteiger partial charge in [0, 0.05) is 38.4 Å². The average molecular weight is 392 g/mol. The van der Waals surface area contributed by atoms with Crippen molar-refractivity contribution in [3.63, 3.8) is 0 Å². The summed E-state index contributed by atoms with van der Waals surface area (Å²) in [6.07, 6.45) is 4.51. The minimum atomic E-state index is -0.320. The molecule has 0 unspecified atom stereocenters. The molecule has 0 saturated heterocycles. The zero-order valence-corrected chi connectivity index (χ0v) is 15.8. The first kappa shape index (κ1) is 20.1. The number of aromatic nitrogens is 2. The van der Waals surface area contributed by atoms with Gasteiger partial charge in [0.2, 0.25) is 5.91 Å². The maximum atomic E-state index is 13.0. The lowest BCUT2D eigenvalue weighted by molar-refractivity contribution is -0.121. The lowest BCUT2D eigenvalue weighted by Crippen LogP contribution is -2.35. The van der Waals surface area contributed by atoms with Crippen LogP contribution in [-0.2, 0) is 17.9 Å². The van der Waals surface area contributed by atoms with E-state index < -0.39 is 0 Å². The summed E-state index contributed by atoms with van der Waals surface area (Å²) in [6.45, 7) is 0.900. The van der Waals surface area contributed by atoms with Crippen LogP contribution in [0.15, 0.2) is 73.2 Å². The van der Waals surface area contributed by atoms with Crippen molar-refractivity contribution in [2.45, 2.75) is 19.5 Å². The molecule has 1 aromatic heterocycles. The molecule has 3 rings (SSSR count). The van der Waals surface area contributed by atoms with E-state index in [-0.39, 0.29) is 36.3 Å². The molecule has 6 nitrogen and oxygen atoms in total. The normalized spacial score (nSPS) is 10.4. The van der Waals surface area contributed by atoms with E-state index >= 15 is 0 Å². The standard InChI is InChI=1S/C22H21FN4O2/c23-19-8-6-17(7-9-19)14-26-21(28)10-13-27(16-18-4-2-1-3-5-18)22(29)20-15-24-11-12-25-20/h1-9,11-12,15H,10,13-14,16H2,(H,26,28). The number of carbonyl (C=O) groups is 2. The summed E-state index contributed by atoms with van der Waals surface area (Å²) in [6, 6.07) is 15.5. The quantitative estimate of drug-likeness (QED) is 0.640. The van der Waals surface area contributed by atoms with Crippen molar-refractivity contribution in [1.29, 1.82) is 0 Å². The third kappa shape index (κ3) is 6.21. The van der Waals surface area contributed by atoms with Crippen molar-refractivity contribution in [3.8, 4) is 0 Å². The highest BCUT2D eigenvalue weighted by molar-refractivity contribution is 5.92. The summed E-state index contributed by atoms with van der Waals surface area (Å²) in [5, 5.41) is 2.79. The van der Waals surface area contributed by atoms with E-state index in [1.807, 2.05) is 30.3 Å². The number of halogens is 1. The number of amides is 2. The summed E-state index contributed by atoms with van der Waals surface area (Å²) in [5.74, 6) is -0.799. The number of carbonyl (C=O) groups excluding carboxylic acids is 2. The summed E-state index contributed by atoms with van der Waals surface area (Å²) < 4.78 is 13.0. The summed E-state index contributed by atoms with van der Waals surface area (Å²) >= 11 is 0. The van der Waals surface area contributed by atoms with Crippen LogP contribution < -0.4 is 5.32 Å². The Labute approximate surface area is 168 Å². The van der Waals surface area contributed by atoms with Crippen LogP contribution in [0, 0.1) is 5.82 Å². The Morgan fingerprint density at radius 3 is 2.41 bits per heavy atom. The molecule has 2 amide bonds. The molecular weight excluding hydrogens is 371 g/mol. The molecule has 0 aliphatic rings. The van der Waals surface area contributed by atoms with E-state index in [1.165, 1.54) is 30.7 Å². The molecule has 1 heterocycles. The minimum absolute atomic E-state index is 0.139. The molecule has 1 N–H and O–H groups in total. The van der Waals surface area contributed by atoms with Crippen molar-refractivity contribution < 1.29 is 14.0 Å². The van der Waals surface area contributed by atoms with Crippen molar-refractivity contribution in [2.75, 3.05) is 6.54 Å². The van der Waals surface area contributed by atoms with Gasteiger partial charge < -0.3 is 10.2 Å². The second kappa shape index (κ2) is 10.1. The Balaban J connectivity index is 1.60. The van der Waals surface area contributed by atoms with E-state index in [4.69, 9.17) is 0 Å². The molecule has 7 heteroatoms. The van der Waals surface area contributed by atoms with Crippen molar-refractivity contribution in [1.82, 2.24) is 20.2 Å². The molecule has 0 bridgehead atoms. The SMILES string of the molecule is O=C(CCN(Cc1ccccc1)C(=O)c1cnccn1)NCc1ccc(F)cc1. The van der Waals surface area contributed by atoms with Gasteiger partial charge in [-0.15, -0.1) is 0 Å². The number of hydrogen-bond acceptors (Lipinski definition) is 4. The van der Waals surface area contributed by atoms with E-state index in [9.17, 15) is 14.0 Å². The van der Waals surface area contributed by atoms with Crippen LogP contribution in [0.25, 0.3) is 0 Å². The van der Waals surface area contributed by atoms with Crippen LogP contribution in [0.3, 0.4) is 0 Å². The van der Waals surface area contributed by atoms with E-state index in [0.717, 1.165) is 11.1 Å². The molecule has 0 aliphatic heterocycles. The molecule has 0 fully saturated rings. The molecular formula is C22H21FN4O2. The molecule has 0 aliphatic carbocycles. The van der Waals surface area contributed by atoms with Crippen LogP contribution in [0.1, 0.15) is 28.0 Å². The van der Waals surface area contributed by atoms with Gasteiger partial charge in [-0.3, -0.25) is 14.6 Å². The molecule has 148 valence electrons. The predicted molar refractivity (Wildman–Crippen MR) is 106 cm³/mol. The Morgan fingerprint density at radius 2 is 1.72 bits per heavy atom. The summed E-state index contributed by atoms with van der Waals surface area (Å²) in [4.78, 5) is 34.7. The maximum Gasteiger partial charge on any atom is 0.274 e. The Kier molecular flexibility index (Phi) is 7.00. The molecule has 0 spiro atoms. The van der Waals surface area contributed by atoms with Crippen LogP contribution in [0.2, 0.25) is 0 Å². The van der Waals surface area contributed by atoms with Gasteiger partial charge in [-0.2, -0.15) is 0 Å². The van der Waals surface area contributed by atoms with Gasteiger partial charge in [-0.1, -0.05) is 42.5 Å². The molecule has 0 atom stereocenters. The average Bonchev–Trinajstić information content (AvgIpc) is 2.77. The predicted octanol–water partition coefficient (Wildman–Crippen LogP) is 2.96. The highest BCUT2D eigenvalue weighted by atomic mass is 19.1. The third-order valence-corrected chi connectivity index (χ3v) is 4.30. The first-order valence-corrected chi connectivity index (χ1v) is 9.22. The van der Waals surface area contributed by atoms with E-state index in [0.29, 0.717) is 13.1 Å². The van der Waals surface area contributed by atoms with Crippen molar-refractivity contribution >= 4 is 11.8 Å². The Morgan fingerprint density at radius 1 is 0.966 bits per heavy atom. The van der Waals surface area contributed by atoms with Crippen LogP contribution in [0.5, 0.6) is 0 Å². The van der Waals surface area contributed by atoms with Gasteiger partial charge in [0.15, 0.2) is 0 Å². The van der Waals surface area contributed by atoms with Gasteiger partial charge in [-0.25, -0.2) is 9.37 Å². The van der Waals surface area contributed by atoms with Crippen LogP contribution in [0.4, 0.5) is 4.39 Å². The molecule has 29 heavy (non-hydrogen) atoms. The topological polar surface area (TPSA) is 75.2 Å². The lowest BCUT2D eigenvalue weighted by atomic mass is 10.2. The number of benzene rings is 2. The third-order valence-electron chi connectivity index (χ3n) is 4.30. The first-order chi connectivity index (χ1) is 14.1. The largest absolute Gasteiger partial charge is 0.352 e. The first-order valence-electron chi connectivity index (χ1n) is 9.22. The second-order valence-corrected chi connectivity index (χ2v) is 6.46. The Bertz CT molecular complexity index is 934. The second-order valence-electron chi connectivity index (χ2n) is 6.46. The molecule has 0 radical (unpaired) electrons. The van der Waals surface area contributed by atoms with E-state index in [2.05, 4.69) is 15.3 Å². The van der Waals surface area contributed by atoms with Gasteiger partial charge in [0.05, 0.1) is 6.20 Å². The highest BCUT2D eigenvalue weighted by Crippen LogP contribution is 2.09. The van der Waals surface area contributed by atoms with Gasteiger partial charge in [0.25, 0.3) is 5.91 Å². The molecule has 2 aromatic carbocycles. The maximum absolute atomic E-state index is 13.0. The van der Waals surface area contributed by atoms with Gasteiger partial charge >= 0.3 is 0 Å². The fourth-order valence-electron chi connectivity index (χ4n) is 2.76. The molecule has 0 saturated carbocycles. The van der Waals surface area contributed by atoms with Crippen LogP contribution >= 0.6 is 0 Å². The van der Waals surface area contributed by atoms with Crippen molar-refractivity contribution in [3.05, 3.63) is 95.8 Å². The summed E-state index contributed by atoms with van der Waals surface area (Å²) in [7, 11) is 0. The minimum Gasteiger partial charge on any atom is -0.352 e. The monoisotopic (exact) mass is 392 g/mol.